The number of carbonyl (C=O) groups is 1. The number of amides is 1. The summed E-state index contributed by atoms with van der Waals surface area (Å²) >= 11 is 0. The Balaban J connectivity index is 1.87. The molecule has 0 fully saturated rings. The van der Waals surface area contributed by atoms with Crippen molar-refractivity contribution in [3.05, 3.63) is 71.1 Å². The summed E-state index contributed by atoms with van der Waals surface area (Å²) in [6.07, 6.45) is 2.34. The quantitative estimate of drug-likeness (QED) is 0.476. The maximum Gasteiger partial charge on any atom is 0.264 e. The average molecular weight is 414 g/mol. The number of rotatable bonds is 6. The van der Waals surface area contributed by atoms with Crippen molar-refractivity contribution < 1.29 is 18.4 Å². The van der Waals surface area contributed by atoms with E-state index in [-0.39, 0.29) is 18.5 Å². The lowest BCUT2D eigenvalue weighted by atomic mass is 10.0. The molecule has 1 amide bonds. The zero-order chi connectivity index (χ0) is 21.2. The molecule has 152 valence electrons. The van der Waals surface area contributed by atoms with E-state index in [1.807, 2.05) is 42.5 Å². The molecule has 2 N–H and O–H groups in total. The first kappa shape index (κ1) is 20.8. The van der Waals surface area contributed by atoms with Crippen molar-refractivity contribution in [3.63, 3.8) is 0 Å². The van der Waals surface area contributed by atoms with E-state index >= 15 is 0 Å². The van der Waals surface area contributed by atoms with Gasteiger partial charge < -0.3 is 4.57 Å². The molecule has 0 aliphatic heterocycles. The second-order valence-electron chi connectivity index (χ2n) is 7.20. The monoisotopic (exact) mass is 414 g/mol. The standard InChI is InChI=1S/C21H22N2O5S/c1-21(20(25)22-26,29(2,27)28)10-12-23-11-9-18(14-19(23)24)17-8-7-15-5-3-4-6-16(15)13-17/h3-9,11,13-14,26H,10,12H2,1-2H3,(H,22,25). The van der Waals surface area contributed by atoms with Crippen molar-refractivity contribution in [2.75, 3.05) is 6.26 Å². The van der Waals surface area contributed by atoms with Gasteiger partial charge in [0, 0.05) is 25.1 Å². The molecule has 3 rings (SSSR count). The third-order valence-electron chi connectivity index (χ3n) is 5.31. The van der Waals surface area contributed by atoms with Crippen molar-refractivity contribution in [1.82, 2.24) is 10.0 Å². The molecule has 3 aromatic rings. The molecule has 0 aliphatic rings. The highest BCUT2D eigenvalue weighted by molar-refractivity contribution is 7.92. The van der Waals surface area contributed by atoms with Crippen LogP contribution in [0.5, 0.6) is 0 Å². The van der Waals surface area contributed by atoms with E-state index in [1.54, 1.807) is 12.3 Å². The Hall–Kier alpha value is -2.97. The van der Waals surface area contributed by atoms with Gasteiger partial charge in [0.15, 0.2) is 14.6 Å². The highest BCUT2D eigenvalue weighted by Gasteiger charge is 2.43. The van der Waals surface area contributed by atoms with E-state index in [2.05, 4.69) is 0 Å². The molecule has 0 spiro atoms. The van der Waals surface area contributed by atoms with Crippen LogP contribution in [0.4, 0.5) is 0 Å². The molecular weight excluding hydrogens is 392 g/mol. The Morgan fingerprint density at radius 2 is 1.72 bits per heavy atom. The Labute approximate surface area is 168 Å². The first-order chi connectivity index (χ1) is 13.7. The van der Waals surface area contributed by atoms with Gasteiger partial charge in [-0.15, -0.1) is 0 Å². The number of hydrogen-bond donors (Lipinski definition) is 2. The summed E-state index contributed by atoms with van der Waals surface area (Å²) < 4.78 is 23.6. The van der Waals surface area contributed by atoms with Gasteiger partial charge in [-0.1, -0.05) is 36.4 Å². The fraction of sp³-hybridized carbons (Fsp3) is 0.238. The Kier molecular flexibility index (Phi) is 5.59. The van der Waals surface area contributed by atoms with Gasteiger partial charge in [0.2, 0.25) is 0 Å². The maximum absolute atomic E-state index is 12.5. The predicted molar refractivity (Wildman–Crippen MR) is 111 cm³/mol. The summed E-state index contributed by atoms with van der Waals surface area (Å²) in [6, 6.07) is 17.1. The van der Waals surface area contributed by atoms with Gasteiger partial charge in [-0.05, 0) is 47.4 Å². The molecule has 29 heavy (non-hydrogen) atoms. The molecule has 0 saturated heterocycles. The van der Waals surface area contributed by atoms with Crippen molar-refractivity contribution in [2.45, 2.75) is 24.6 Å². The van der Waals surface area contributed by atoms with E-state index in [9.17, 15) is 18.0 Å². The molecule has 0 aliphatic carbocycles. The zero-order valence-corrected chi connectivity index (χ0v) is 16.9. The Morgan fingerprint density at radius 3 is 2.34 bits per heavy atom. The number of hydroxylamine groups is 1. The highest BCUT2D eigenvalue weighted by atomic mass is 32.2. The van der Waals surface area contributed by atoms with Crippen LogP contribution >= 0.6 is 0 Å². The minimum absolute atomic E-state index is 0.00776. The van der Waals surface area contributed by atoms with Crippen molar-refractivity contribution in [1.29, 1.82) is 0 Å². The molecule has 2 aromatic carbocycles. The van der Waals surface area contributed by atoms with Crippen molar-refractivity contribution in [2.24, 2.45) is 0 Å². The topological polar surface area (TPSA) is 105 Å². The number of nitrogens with zero attached hydrogens (tertiary/aromatic N) is 1. The molecule has 0 radical (unpaired) electrons. The number of hydrogen-bond acceptors (Lipinski definition) is 5. The van der Waals surface area contributed by atoms with Crippen LogP contribution in [0.15, 0.2) is 65.6 Å². The second-order valence-corrected chi connectivity index (χ2v) is 9.65. The van der Waals surface area contributed by atoms with E-state index < -0.39 is 20.5 Å². The molecule has 1 atom stereocenters. The summed E-state index contributed by atoms with van der Waals surface area (Å²) in [4.78, 5) is 24.5. The normalized spacial score (nSPS) is 13.8. The predicted octanol–water partition coefficient (Wildman–Crippen LogP) is 2.37. The van der Waals surface area contributed by atoms with E-state index in [0.717, 1.165) is 28.2 Å². The van der Waals surface area contributed by atoms with E-state index in [0.29, 0.717) is 0 Å². The zero-order valence-electron chi connectivity index (χ0n) is 16.1. The summed E-state index contributed by atoms with van der Waals surface area (Å²) in [7, 11) is -3.82. The highest BCUT2D eigenvalue weighted by Crippen LogP contribution is 2.24. The first-order valence-electron chi connectivity index (χ1n) is 8.99. The van der Waals surface area contributed by atoms with Gasteiger partial charge in [0.25, 0.3) is 11.5 Å². The Bertz CT molecular complexity index is 1230. The number of pyridine rings is 1. The van der Waals surface area contributed by atoms with Crippen LogP contribution in [-0.2, 0) is 21.2 Å². The summed E-state index contributed by atoms with van der Waals surface area (Å²) in [6.45, 7) is 1.23. The fourth-order valence-electron chi connectivity index (χ4n) is 3.16. The molecule has 0 saturated carbocycles. The van der Waals surface area contributed by atoms with Crippen LogP contribution in [0.1, 0.15) is 13.3 Å². The summed E-state index contributed by atoms with van der Waals surface area (Å²) in [5, 5.41) is 11.1. The summed E-state index contributed by atoms with van der Waals surface area (Å²) in [5.74, 6) is -1.03. The maximum atomic E-state index is 12.5. The number of fused-ring (bicyclic) bond motifs is 1. The number of aromatic nitrogens is 1. The van der Waals surface area contributed by atoms with Crippen LogP contribution in [0.3, 0.4) is 0 Å². The van der Waals surface area contributed by atoms with Crippen molar-refractivity contribution >= 4 is 26.5 Å². The van der Waals surface area contributed by atoms with Crippen LogP contribution in [0, 0.1) is 0 Å². The third kappa shape index (κ3) is 4.08. The van der Waals surface area contributed by atoms with Gasteiger partial charge >= 0.3 is 0 Å². The van der Waals surface area contributed by atoms with Crippen LogP contribution < -0.4 is 11.0 Å². The molecule has 0 bridgehead atoms. The smallest absolute Gasteiger partial charge is 0.264 e. The third-order valence-corrected chi connectivity index (χ3v) is 7.34. The average Bonchev–Trinajstić information content (AvgIpc) is 2.70. The molecule has 8 heteroatoms. The lowest BCUT2D eigenvalue weighted by Gasteiger charge is -2.25. The van der Waals surface area contributed by atoms with Crippen LogP contribution in [-0.4, -0.2) is 35.1 Å². The number of carbonyl (C=O) groups excluding carboxylic acids is 1. The van der Waals surface area contributed by atoms with Gasteiger partial charge in [0.05, 0.1) is 0 Å². The van der Waals surface area contributed by atoms with Crippen LogP contribution in [0.25, 0.3) is 21.9 Å². The fourth-order valence-corrected chi connectivity index (χ4v) is 4.00. The number of aryl methyl sites for hydroxylation is 1. The summed E-state index contributed by atoms with van der Waals surface area (Å²) in [5.41, 5.74) is 2.74. The molecule has 7 nitrogen and oxygen atoms in total. The van der Waals surface area contributed by atoms with Gasteiger partial charge in [-0.2, -0.15) is 0 Å². The molecule has 1 heterocycles. The Morgan fingerprint density at radius 1 is 1.07 bits per heavy atom. The molecule has 1 aromatic heterocycles. The SMILES string of the molecule is CC(CCn1ccc(-c2ccc3ccccc3c2)cc1=O)(C(=O)NO)S(C)(=O)=O. The van der Waals surface area contributed by atoms with Gasteiger partial charge in [-0.3, -0.25) is 14.8 Å². The molecular formula is C21H22N2O5S. The van der Waals surface area contributed by atoms with Gasteiger partial charge in [0.1, 0.15) is 0 Å². The number of sulfone groups is 1. The molecule has 1 unspecified atom stereocenters. The minimum atomic E-state index is -3.82. The van der Waals surface area contributed by atoms with Gasteiger partial charge in [-0.25, -0.2) is 13.9 Å². The number of benzene rings is 2. The van der Waals surface area contributed by atoms with E-state index in [1.165, 1.54) is 23.0 Å². The number of nitrogens with one attached hydrogen (secondary N) is 1. The lowest BCUT2D eigenvalue weighted by molar-refractivity contribution is -0.131. The van der Waals surface area contributed by atoms with E-state index in [4.69, 9.17) is 5.21 Å². The first-order valence-corrected chi connectivity index (χ1v) is 10.9. The lowest BCUT2D eigenvalue weighted by Crippen LogP contribution is -2.49. The largest absolute Gasteiger partial charge is 0.315 e. The van der Waals surface area contributed by atoms with Crippen LogP contribution in [0.2, 0.25) is 0 Å². The van der Waals surface area contributed by atoms with Crippen molar-refractivity contribution in [3.8, 4) is 11.1 Å². The minimum Gasteiger partial charge on any atom is -0.315 e. The second kappa shape index (κ2) is 7.81.